The van der Waals surface area contributed by atoms with Crippen LogP contribution < -0.4 is 15.4 Å². The van der Waals surface area contributed by atoms with Crippen molar-refractivity contribution in [2.24, 2.45) is 0 Å². The van der Waals surface area contributed by atoms with Gasteiger partial charge in [-0.3, -0.25) is 10.3 Å². The van der Waals surface area contributed by atoms with E-state index in [9.17, 15) is 9.59 Å². The lowest BCUT2D eigenvalue weighted by molar-refractivity contribution is -0.0241. The molecule has 1 amide bonds. The van der Waals surface area contributed by atoms with Crippen molar-refractivity contribution in [3.8, 4) is 17.0 Å². The van der Waals surface area contributed by atoms with Crippen LogP contribution in [0.3, 0.4) is 0 Å². The van der Waals surface area contributed by atoms with Crippen LogP contribution in [0, 0.1) is 0 Å². The maximum atomic E-state index is 11.7. The van der Waals surface area contributed by atoms with E-state index in [1.807, 2.05) is 60.7 Å². The number of para-hydroxylation sites is 1. The van der Waals surface area contributed by atoms with E-state index < -0.39 is 6.09 Å². The predicted molar refractivity (Wildman–Crippen MR) is 139 cm³/mol. The molecule has 6 rings (SSSR count). The average molecular weight is 495 g/mol. The lowest BCUT2D eigenvalue weighted by Crippen LogP contribution is -2.39. The van der Waals surface area contributed by atoms with Crippen molar-refractivity contribution >= 4 is 17.9 Å². The van der Waals surface area contributed by atoms with Gasteiger partial charge in [0.2, 0.25) is 0 Å². The summed E-state index contributed by atoms with van der Waals surface area (Å²) in [6, 6.07) is 26.2. The third kappa shape index (κ3) is 5.65. The van der Waals surface area contributed by atoms with Crippen molar-refractivity contribution in [2.75, 3.05) is 18.4 Å². The molecule has 2 N–H and O–H groups in total. The molecule has 3 aromatic carbocycles. The first-order chi connectivity index (χ1) is 18.1. The van der Waals surface area contributed by atoms with Crippen LogP contribution in [0.4, 0.5) is 10.6 Å². The minimum atomic E-state index is -0.604. The van der Waals surface area contributed by atoms with Crippen molar-refractivity contribution in [1.82, 2.24) is 15.3 Å². The van der Waals surface area contributed by atoms with Crippen LogP contribution in [0.1, 0.15) is 28.8 Å². The zero-order valence-corrected chi connectivity index (χ0v) is 20.1. The molecule has 1 aromatic heterocycles. The number of piperidine rings is 1. The fourth-order valence-corrected chi connectivity index (χ4v) is 4.42. The molecule has 0 saturated carbocycles. The van der Waals surface area contributed by atoms with Gasteiger partial charge in [-0.15, -0.1) is 0 Å². The van der Waals surface area contributed by atoms with Gasteiger partial charge in [0.15, 0.2) is 5.82 Å². The normalized spacial score (nSPS) is 15.1. The number of benzene rings is 3. The van der Waals surface area contributed by atoms with Gasteiger partial charge < -0.3 is 14.8 Å². The number of rotatable bonds is 3. The van der Waals surface area contributed by atoms with Gasteiger partial charge in [0.25, 0.3) is 0 Å². The summed E-state index contributed by atoms with van der Waals surface area (Å²) in [5, 5.41) is 5.82. The molecule has 2 aliphatic rings. The van der Waals surface area contributed by atoms with Crippen molar-refractivity contribution in [1.29, 1.82) is 0 Å². The Morgan fingerprint density at radius 1 is 0.865 bits per heavy atom. The largest absolute Gasteiger partial charge is 0.450 e. The van der Waals surface area contributed by atoms with E-state index in [-0.39, 0.29) is 11.6 Å². The van der Waals surface area contributed by atoms with Gasteiger partial charge in [-0.25, -0.2) is 14.6 Å². The molecule has 4 aromatic rings. The Hall–Kier alpha value is -4.56. The van der Waals surface area contributed by atoms with E-state index in [0.29, 0.717) is 11.6 Å². The Bertz CT molecular complexity index is 1360. The van der Waals surface area contributed by atoms with Gasteiger partial charge >= 0.3 is 12.1 Å². The molecule has 2 aliphatic heterocycles. The van der Waals surface area contributed by atoms with Crippen molar-refractivity contribution < 1.29 is 19.1 Å². The molecule has 186 valence electrons. The molecule has 0 bridgehead atoms. The molecule has 37 heavy (non-hydrogen) atoms. The summed E-state index contributed by atoms with van der Waals surface area (Å²) < 4.78 is 10.7. The second-order valence-corrected chi connectivity index (χ2v) is 8.66. The molecular formula is C29H26N4O4. The molecule has 8 nitrogen and oxygen atoms in total. The standard InChI is InChI=1S/C17H13N3O2.C12H13NO2/c21-17(22-14-9-5-2-6-10-14)20-16-12-18-15(11-19-16)13-7-3-1-4-8-13;14-11-9-3-1-2-4-10(9)12(15-11)5-7-13-8-6-12/h1-12H,(H,19,20,21);1-4,13H,5-8H2. The highest BCUT2D eigenvalue weighted by Gasteiger charge is 2.45. The molecule has 0 atom stereocenters. The first-order valence-electron chi connectivity index (χ1n) is 12.1. The van der Waals surface area contributed by atoms with Gasteiger partial charge in [0.05, 0.1) is 23.7 Å². The quantitative estimate of drug-likeness (QED) is 0.378. The lowest BCUT2D eigenvalue weighted by atomic mass is 9.84. The molecule has 0 unspecified atom stereocenters. The van der Waals surface area contributed by atoms with Crippen LogP contribution in [0.15, 0.2) is 97.3 Å². The van der Waals surface area contributed by atoms with Gasteiger partial charge in [0, 0.05) is 24.0 Å². The number of nitrogens with zero attached hydrogens (tertiary/aromatic N) is 2. The smallest absolute Gasteiger partial charge is 0.418 e. The minimum Gasteiger partial charge on any atom is -0.450 e. The van der Waals surface area contributed by atoms with Crippen molar-refractivity contribution in [2.45, 2.75) is 18.4 Å². The van der Waals surface area contributed by atoms with Crippen LogP contribution in [0.2, 0.25) is 0 Å². The number of nitrogens with one attached hydrogen (secondary N) is 2. The highest BCUT2D eigenvalue weighted by atomic mass is 16.6. The monoisotopic (exact) mass is 494 g/mol. The van der Waals surface area contributed by atoms with E-state index in [1.54, 1.807) is 30.5 Å². The molecule has 0 aliphatic carbocycles. The van der Waals surface area contributed by atoms with Crippen LogP contribution in [0.5, 0.6) is 5.75 Å². The zero-order valence-electron chi connectivity index (χ0n) is 20.1. The first kappa shape index (κ1) is 24.1. The number of carbonyl (C=O) groups excluding carboxylic acids is 2. The van der Waals surface area contributed by atoms with Crippen molar-refractivity contribution in [3.05, 3.63) is 108 Å². The Morgan fingerprint density at radius 3 is 2.24 bits per heavy atom. The highest BCUT2D eigenvalue weighted by molar-refractivity contribution is 5.94. The van der Waals surface area contributed by atoms with E-state index in [2.05, 4.69) is 20.6 Å². The number of aromatic nitrogens is 2. The molecule has 1 spiro atoms. The fourth-order valence-electron chi connectivity index (χ4n) is 4.42. The Morgan fingerprint density at radius 2 is 1.54 bits per heavy atom. The molecule has 8 heteroatoms. The zero-order chi connectivity index (χ0) is 25.5. The number of hydrogen-bond acceptors (Lipinski definition) is 7. The number of anilines is 1. The SMILES string of the molecule is O=C(Nc1cnc(-c2ccccc2)cn1)Oc1ccccc1.O=C1OC2(CCNCC2)c2ccccc21. The van der Waals surface area contributed by atoms with E-state index in [4.69, 9.17) is 9.47 Å². The number of fused-ring (bicyclic) bond motifs is 2. The second kappa shape index (κ2) is 11.0. The maximum absolute atomic E-state index is 11.7. The Kier molecular flexibility index (Phi) is 7.19. The summed E-state index contributed by atoms with van der Waals surface area (Å²) in [5.41, 5.74) is 3.20. The van der Waals surface area contributed by atoms with Gasteiger partial charge in [-0.05, 0) is 31.3 Å². The minimum absolute atomic E-state index is 0.160. The third-order valence-corrected chi connectivity index (χ3v) is 6.24. The van der Waals surface area contributed by atoms with E-state index >= 15 is 0 Å². The topological polar surface area (TPSA) is 102 Å². The Balaban J connectivity index is 0.000000162. The third-order valence-electron chi connectivity index (χ3n) is 6.24. The maximum Gasteiger partial charge on any atom is 0.418 e. The average Bonchev–Trinajstić information content (AvgIpc) is 3.21. The van der Waals surface area contributed by atoms with Crippen LogP contribution in [-0.2, 0) is 10.3 Å². The van der Waals surface area contributed by atoms with Crippen LogP contribution in [-0.4, -0.2) is 35.1 Å². The molecule has 3 heterocycles. The summed E-state index contributed by atoms with van der Waals surface area (Å²) in [5.74, 6) is 0.641. The summed E-state index contributed by atoms with van der Waals surface area (Å²) in [6.45, 7) is 1.84. The second-order valence-electron chi connectivity index (χ2n) is 8.66. The number of carbonyl (C=O) groups is 2. The molecule has 0 radical (unpaired) electrons. The number of esters is 1. The van der Waals surface area contributed by atoms with E-state index in [1.165, 1.54) is 6.20 Å². The summed E-state index contributed by atoms with van der Waals surface area (Å²) >= 11 is 0. The lowest BCUT2D eigenvalue weighted by Gasteiger charge is -2.33. The molecular weight excluding hydrogens is 468 g/mol. The summed E-state index contributed by atoms with van der Waals surface area (Å²) in [6.07, 6.45) is 4.26. The first-order valence-corrected chi connectivity index (χ1v) is 12.1. The highest BCUT2D eigenvalue weighted by Crippen LogP contribution is 2.42. The van der Waals surface area contributed by atoms with E-state index in [0.717, 1.165) is 48.3 Å². The number of ether oxygens (including phenoxy) is 2. The van der Waals surface area contributed by atoms with Crippen molar-refractivity contribution in [3.63, 3.8) is 0 Å². The molecule has 1 fully saturated rings. The van der Waals surface area contributed by atoms with Crippen LogP contribution in [0.25, 0.3) is 11.3 Å². The summed E-state index contributed by atoms with van der Waals surface area (Å²) in [4.78, 5) is 31.9. The summed E-state index contributed by atoms with van der Waals surface area (Å²) in [7, 11) is 0. The van der Waals surface area contributed by atoms with Gasteiger partial charge in [0.1, 0.15) is 11.4 Å². The molecule has 1 saturated heterocycles. The fraction of sp³-hybridized carbons (Fsp3) is 0.172. The van der Waals surface area contributed by atoms with Gasteiger partial charge in [-0.2, -0.15) is 0 Å². The number of amides is 1. The van der Waals surface area contributed by atoms with Gasteiger partial charge in [-0.1, -0.05) is 66.7 Å². The van der Waals surface area contributed by atoms with Crippen LogP contribution >= 0.6 is 0 Å². The number of hydrogen-bond donors (Lipinski definition) is 2. The predicted octanol–water partition coefficient (Wildman–Crippen LogP) is 5.19. The Labute approximate surface area is 214 Å².